The van der Waals surface area contributed by atoms with Crippen LogP contribution < -0.4 is 20.1 Å². The van der Waals surface area contributed by atoms with E-state index in [4.69, 9.17) is 9.47 Å². The molecule has 1 aliphatic heterocycles. The first-order valence-electron chi connectivity index (χ1n) is 9.61. The van der Waals surface area contributed by atoms with E-state index in [2.05, 4.69) is 10.6 Å². The number of nitrogens with one attached hydrogen (secondary N) is 2. The van der Waals surface area contributed by atoms with Gasteiger partial charge >= 0.3 is 6.03 Å². The molecule has 2 fully saturated rings. The largest absolute Gasteiger partial charge is 0.497 e. The standard InChI is InChI=1S/C20H27N3O5/c1-27-15-6-7-16(28-2)14(12-15)8-11-21-17(24)13-23-18(25)20(22-19(23)26)9-4-3-5-10-20/h6-7,12H,3-5,8-11,13H2,1-2H3,(H,21,24)(H,22,26). The molecule has 1 saturated carbocycles. The minimum Gasteiger partial charge on any atom is -0.497 e. The third-order valence-electron chi connectivity index (χ3n) is 5.46. The molecule has 28 heavy (non-hydrogen) atoms. The van der Waals surface area contributed by atoms with Gasteiger partial charge in [0.1, 0.15) is 23.6 Å². The molecule has 1 aliphatic carbocycles. The molecule has 2 N–H and O–H groups in total. The molecule has 8 nitrogen and oxygen atoms in total. The molecule has 1 saturated heterocycles. The number of hydrogen-bond acceptors (Lipinski definition) is 5. The lowest BCUT2D eigenvalue weighted by Gasteiger charge is -2.30. The predicted molar refractivity (Wildman–Crippen MR) is 102 cm³/mol. The number of hydrogen-bond donors (Lipinski definition) is 2. The van der Waals surface area contributed by atoms with Crippen molar-refractivity contribution in [2.24, 2.45) is 0 Å². The van der Waals surface area contributed by atoms with Gasteiger partial charge in [-0.25, -0.2) is 4.79 Å². The molecule has 0 aromatic heterocycles. The molecule has 1 spiro atoms. The number of rotatable bonds is 7. The third-order valence-corrected chi connectivity index (χ3v) is 5.46. The minimum absolute atomic E-state index is 0.262. The first-order chi connectivity index (χ1) is 13.5. The lowest BCUT2D eigenvalue weighted by molar-refractivity contribution is -0.135. The van der Waals surface area contributed by atoms with Gasteiger partial charge in [-0.3, -0.25) is 14.5 Å². The summed E-state index contributed by atoms with van der Waals surface area (Å²) in [4.78, 5) is 38.3. The fourth-order valence-corrected chi connectivity index (χ4v) is 3.93. The number of urea groups is 1. The monoisotopic (exact) mass is 389 g/mol. The van der Waals surface area contributed by atoms with Crippen LogP contribution in [0.1, 0.15) is 37.7 Å². The van der Waals surface area contributed by atoms with Crippen molar-refractivity contribution in [3.05, 3.63) is 23.8 Å². The van der Waals surface area contributed by atoms with Crippen molar-refractivity contribution in [1.82, 2.24) is 15.5 Å². The number of benzene rings is 1. The summed E-state index contributed by atoms with van der Waals surface area (Å²) in [6.45, 7) is 0.0960. The van der Waals surface area contributed by atoms with Crippen LogP contribution in [0.25, 0.3) is 0 Å². The molecule has 8 heteroatoms. The number of carbonyl (C=O) groups excluding carboxylic acids is 3. The Morgan fingerprint density at radius 3 is 2.61 bits per heavy atom. The van der Waals surface area contributed by atoms with Crippen LogP contribution in [0, 0.1) is 0 Å². The number of amides is 4. The Balaban J connectivity index is 1.54. The normalized spacial score (nSPS) is 18.1. The summed E-state index contributed by atoms with van der Waals surface area (Å²) >= 11 is 0. The van der Waals surface area contributed by atoms with Crippen LogP contribution in [-0.4, -0.2) is 55.6 Å². The maximum absolute atomic E-state index is 12.7. The lowest BCUT2D eigenvalue weighted by atomic mass is 9.82. The Labute approximate surface area is 164 Å². The zero-order valence-electron chi connectivity index (χ0n) is 16.4. The van der Waals surface area contributed by atoms with Crippen molar-refractivity contribution in [2.45, 2.75) is 44.1 Å². The maximum atomic E-state index is 12.7. The Morgan fingerprint density at radius 2 is 1.93 bits per heavy atom. The van der Waals surface area contributed by atoms with E-state index in [1.807, 2.05) is 12.1 Å². The van der Waals surface area contributed by atoms with Gasteiger partial charge in [0.25, 0.3) is 5.91 Å². The topological polar surface area (TPSA) is 97.0 Å². The van der Waals surface area contributed by atoms with Gasteiger partial charge in [-0.2, -0.15) is 0 Å². The van der Waals surface area contributed by atoms with Crippen molar-refractivity contribution < 1.29 is 23.9 Å². The number of ether oxygens (including phenoxy) is 2. The molecule has 1 aromatic carbocycles. The highest BCUT2D eigenvalue weighted by Gasteiger charge is 2.51. The molecular weight excluding hydrogens is 362 g/mol. The van der Waals surface area contributed by atoms with Crippen LogP contribution in [-0.2, 0) is 16.0 Å². The van der Waals surface area contributed by atoms with Crippen LogP contribution in [0.15, 0.2) is 18.2 Å². The average Bonchev–Trinajstić information content (AvgIpc) is 2.92. The molecule has 2 aliphatic rings. The molecule has 0 radical (unpaired) electrons. The van der Waals surface area contributed by atoms with Crippen LogP contribution in [0.5, 0.6) is 11.5 Å². The number of imide groups is 1. The maximum Gasteiger partial charge on any atom is 0.325 e. The van der Waals surface area contributed by atoms with E-state index >= 15 is 0 Å². The van der Waals surface area contributed by atoms with Gasteiger partial charge in [0, 0.05) is 6.54 Å². The molecule has 4 amide bonds. The SMILES string of the molecule is COc1ccc(OC)c(CCNC(=O)CN2C(=O)NC3(CCCCC3)C2=O)c1. The van der Waals surface area contributed by atoms with Crippen LogP contribution in [0.2, 0.25) is 0 Å². The van der Waals surface area contributed by atoms with E-state index in [1.54, 1.807) is 20.3 Å². The molecule has 0 atom stereocenters. The van der Waals surface area contributed by atoms with Gasteiger partial charge in [-0.1, -0.05) is 19.3 Å². The molecule has 0 unspecified atom stereocenters. The summed E-state index contributed by atoms with van der Waals surface area (Å²) in [5, 5.41) is 5.58. The van der Waals surface area contributed by atoms with Gasteiger partial charge in [-0.15, -0.1) is 0 Å². The molecule has 1 aromatic rings. The first-order valence-corrected chi connectivity index (χ1v) is 9.61. The number of methoxy groups -OCH3 is 2. The molecule has 1 heterocycles. The fourth-order valence-electron chi connectivity index (χ4n) is 3.93. The van der Waals surface area contributed by atoms with Gasteiger partial charge in [0.15, 0.2) is 0 Å². The van der Waals surface area contributed by atoms with Crippen LogP contribution in [0.4, 0.5) is 4.79 Å². The Morgan fingerprint density at radius 1 is 1.18 bits per heavy atom. The third kappa shape index (κ3) is 4.05. The summed E-state index contributed by atoms with van der Waals surface area (Å²) < 4.78 is 10.5. The fraction of sp³-hybridized carbons (Fsp3) is 0.550. The highest BCUT2D eigenvalue weighted by Crippen LogP contribution is 2.33. The van der Waals surface area contributed by atoms with Gasteiger partial charge < -0.3 is 20.1 Å². The van der Waals surface area contributed by atoms with E-state index < -0.39 is 11.6 Å². The Hall–Kier alpha value is -2.77. The van der Waals surface area contributed by atoms with Crippen molar-refractivity contribution in [3.63, 3.8) is 0 Å². The highest BCUT2D eigenvalue weighted by atomic mass is 16.5. The van der Waals surface area contributed by atoms with E-state index in [0.29, 0.717) is 37.3 Å². The van der Waals surface area contributed by atoms with Crippen molar-refractivity contribution in [3.8, 4) is 11.5 Å². The number of carbonyl (C=O) groups is 3. The van der Waals surface area contributed by atoms with Gasteiger partial charge in [0.2, 0.25) is 5.91 Å². The van der Waals surface area contributed by atoms with Gasteiger partial charge in [0.05, 0.1) is 14.2 Å². The average molecular weight is 389 g/mol. The molecule has 0 bridgehead atoms. The van der Waals surface area contributed by atoms with Crippen molar-refractivity contribution in [2.75, 3.05) is 27.3 Å². The van der Waals surface area contributed by atoms with E-state index in [0.717, 1.165) is 29.7 Å². The van der Waals surface area contributed by atoms with Crippen molar-refractivity contribution in [1.29, 1.82) is 0 Å². The second kappa shape index (κ2) is 8.50. The van der Waals surface area contributed by atoms with Crippen LogP contribution >= 0.6 is 0 Å². The summed E-state index contributed by atoms with van der Waals surface area (Å²) in [5.41, 5.74) is 0.0992. The highest BCUT2D eigenvalue weighted by molar-refractivity contribution is 6.09. The van der Waals surface area contributed by atoms with Gasteiger partial charge in [-0.05, 0) is 43.0 Å². The zero-order chi connectivity index (χ0) is 20.1. The Bertz CT molecular complexity index is 758. The second-order valence-corrected chi connectivity index (χ2v) is 7.24. The predicted octanol–water partition coefficient (Wildman–Crippen LogP) is 1.62. The van der Waals surface area contributed by atoms with Crippen LogP contribution in [0.3, 0.4) is 0 Å². The zero-order valence-corrected chi connectivity index (χ0v) is 16.4. The number of nitrogens with zero attached hydrogens (tertiary/aromatic N) is 1. The molecular formula is C20H27N3O5. The lowest BCUT2D eigenvalue weighted by Crippen LogP contribution is -2.49. The summed E-state index contributed by atoms with van der Waals surface area (Å²) in [7, 11) is 3.17. The second-order valence-electron chi connectivity index (χ2n) is 7.24. The van der Waals surface area contributed by atoms with E-state index in [1.165, 1.54) is 0 Å². The molecule has 3 rings (SSSR count). The first kappa shape index (κ1) is 20.0. The summed E-state index contributed by atoms with van der Waals surface area (Å²) in [5.74, 6) is 0.780. The Kier molecular flexibility index (Phi) is 6.06. The van der Waals surface area contributed by atoms with Crippen molar-refractivity contribution >= 4 is 17.8 Å². The quantitative estimate of drug-likeness (QED) is 0.691. The van der Waals surface area contributed by atoms with E-state index in [-0.39, 0.29) is 18.4 Å². The smallest absolute Gasteiger partial charge is 0.325 e. The van der Waals surface area contributed by atoms with E-state index in [9.17, 15) is 14.4 Å². The minimum atomic E-state index is -0.802. The summed E-state index contributed by atoms with van der Waals surface area (Å²) in [6, 6.07) is 5.00. The summed E-state index contributed by atoms with van der Waals surface area (Å²) in [6.07, 6.45) is 4.72. The molecule has 152 valence electrons.